The number of cyclic esters (lactones) is 1. The second-order valence-corrected chi connectivity index (χ2v) is 12.0. The highest BCUT2D eigenvalue weighted by Crippen LogP contribution is 2.43. The van der Waals surface area contributed by atoms with Crippen LogP contribution in [-0.4, -0.2) is 69.6 Å². The van der Waals surface area contributed by atoms with Gasteiger partial charge in [0.2, 0.25) is 0 Å². The van der Waals surface area contributed by atoms with Crippen molar-refractivity contribution >= 4 is 29.2 Å². The Bertz CT molecular complexity index is 959. The summed E-state index contributed by atoms with van der Waals surface area (Å²) in [5, 5.41) is 27.8. The number of rotatable bonds is 2. The maximum atomic E-state index is 13.2. The normalized spacial score (nSPS) is 37.5. The van der Waals surface area contributed by atoms with E-state index >= 15 is 0 Å². The number of aliphatic hydroxyl groups is 2. The van der Waals surface area contributed by atoms with Gasteiger partial charge in [-0.15, -0.1) is 11.3 Å². The molecule has 7 atom stereocenters. The van der Waals surface area contributed by atoms with E-state index in [0.717, 1.165) is 22.7 Å². The number of ether oxygens (including phenoxy) is 2. The lowest BCUT2D eigenvalue weighted by Gasteiger charge is -2.34. The number of aryl methyl sites for hydroxylation is 1. The third-order valence-corrected chi connectivity index (χ3v) is 8.40. The van der Waals surface area contributed by atoms with Gasteiger partial charge >= 0.3 is 5.97 Å². The van der Waals surface area contributed by atoms with Crippen molar-refractivity contribution in [1.29, 1.82) is 0 Å². The summed E-state index contributed by atoms with van der Waals surface area (Å²) in [7, 11) is 0. The molecule has 2 aliphatic rings. The van der Waals surface area contributed by atoms with Crippen LogP contribution in [0.1, 0.15) is 71.5 Å². The molecule has 0 aliphatic carbocycles. The summed E-state index contributed by atoms with van der Waals surface area (Å²) in [5.41, 5.74) is 0.0632. The highest BCUT2D eigenvalue weighted by Gasteiger charge is 2.53. The predicted octanol–water partition coefficient (Wildman–Crippen LogP) is 3.04. The van der Waals surface area contributed by atoms with Gasteiger partial charge in [-0.2, -0.15) is 0 Å². The van der Waals surface area contributed by atoms with Crippen LogP contribution in [0.25, 0.3) is 6.08 Å². The zero-order chi connectivity index (χ0) is 26.1. The molecule has 3 rings (SSSR count). The van der Waals surface area contributed by atoms with Crippen LogP contribution >= 0.6 is 11.3 Å². The number of thiazole rings is 1. The fraction of sp³-hybridized carbons (Fsp3) is 0.731. The minimum atomic E-state index is -1.25. The molecule has 1 aromatic heterocycles. The van der Waals surface area contributed by atoms with Crippen molar-refractivity contribution in [2.24, 2.45) is 11.3 Å². The Hall–Kier alpha value is -1.65. The lowest BCUT2D eigenvalue weighted by Crippen LogP contribution is -2.49. The molecule has 2 saturated heterocycles. The number of hydrogen-bond donors (Lipinski definition) is 3. The van der Waals surface area contributed by atoms with Crippen molar-refractivity contribution in [2.45, 2.75) is 104 Å². The molecule has 0 spiro atoms. The van der Waals surface area contributed by atoms with E-state index in [0.29, 0.717) is 13.0 Å². The number of carbonyl (C=O) groups excluding carboxylic acids is 2. The number of nitrogens with zero attached hydrogens (tertiary/aromatic N) is 1. The molecule has 0 aromatic carbocycles. The third-order valence-electron chi connectivity index (χ3n) is 7.61. The van der Waals surface area contributed by atoms with Gasteiger partial charge in [0, 0.05) is 23.8 Å². The van der Waals surface area contributed by atoms with E-state index < -0.39 is 35.6 Å². The first-order chi connectivity index (χ1) is 16.2. The topological polar surface area (TPSA) is 121 Å². The van der Waals surface area contributed by atoms with Gasteiger partial charge in [-0.05, 0) is 52.3 Å². The lowest BCUT2D eigenvalue weighted by atomic mass is 9.74. The number of Topliss-reactive ketones (excluding diaryl/α,β-unsaturated/α-hetero) is 1. The molecule has 0 saturated carbocycles. The summed E-state index contributed by atoms with van der Waals surface area (Å²) in [4.78, 5) is 30.6. The Kier molecular flexibility index (Phi) is 8.59. The van der Waals surface area contributed by atoms with Gasteiger partial charge in [0.1, 0.15) is 11.9 Å². The van der Waals surface area contributed by atoms with E-state index in [-0.39, 0.29) is 30.0 Å². The molecule has 196 valence electrons. The first kappa shape index (κ1) is 27.9. The van der Waals surface area contributed by atoms with E-state index in [1.807, 2.05) is 39.2 Å². The van der Waals surface area contributed by atoms with Crippen LogP contribution in [0.3, 0.4) is 0 Å². The fourth-order valence-electron chi connectivity index (χ4n) is 4.73. The van der Waals surface area contributed by atoms with Gasteiger partial charge in [0.25, 0.3) is 0 Å². The molecule has 3 N–H and O–H groups in total. The monoisotopic (exact) mass is 508 g/mol. The van der Waals surface area contributed by atoms with Crippen LogP contribution in [0.15, 0.2) is 11.0 Å². The SMILES string of the molecule is CC(=Cc1csc(C)n1)[C@@H]1C[C@@H]2O[C@]2(C)CCN[C@@H](C)[C@@H](O)C(C)C(=O)C(C)(C)[C@@H](O)CC(=O)O1. The van der Waals surface area contributed by atoms with Crippen molar-refractivity contribution < 1.29 is 29.3 Å². The van der Waals surface area contributed by atoms with Gasteiger partial charge in [-0.1, -0.05) is 20.8 Å². The smallest absolute Gasteiger partial charge is 0.309 e. The summed E-state index contributed by atoms with van der Waals surface area (Å²) in [6.07, 6.45) is -0.00321. The first-order valence-electron chi connectivity index (χ1n) is 12.4. The molecule has 0 bridgehead atoms. The Balaban J connectivity index is 1.85. The van der Waals surface area contributed by atoms with Crippen molar-refractivity contribution in [3.05, 3.63) is 21.7 Å². The van der Waals surface area contributed by atoms with Gasteiger partial charge in [-0.25, -0.2) is 4.98 Å². The Morgan fingerprint density at radius 3 is 2.57 bits per heavy atom. The van der Waals surface area contributed by atoms with Crippen LogP contribution in [0, 0.1) is 18.3 Å². The standard InChI is InChI=1S/C26H40N2O6S/c1-14(10-18-13-35-17(4)28-18)19-11-21-26(7,34-21)8-9-27-16(3)23(31)15(2)24(32)25(5,6)20(29)12-22(30)33-19/h10,13,15-16,19-21,23,27,29,31H,8-9,11-12H2,1-7H3/t15?,16-,19-,20-,21-,23-,26+/m0/s1. The van der Waals surface area contributed by atoms with Gasteiger partial charge in [0.05, 0.1) is 46.5 Å². The summed E-state index contributed by atoms with van der Waals surface area (Å²) < 4.78 is 11.9. The van der Waals surface area contributed by atoms with E-state index in [2.05, 4.69) is 10.3 Å². The molecule has 35 heavy (non-hydrogen) atoms. The third kappa shape index (κ3) is 6.57. The van der Waals surface area contributed by atoms with Crippen molar-refractivity contribution in [3.8, 4) is 0 Å². The Morgan fingerprint density at radius 1 is 1.26 bits per heavy atom. The molecule has 1 unspecified atom stereocenters. The van der Waals surface area contributed by atoms with Gasteiger partial charge in [0.15, 0.2) is 0 Å². The number of hydrogen-bond acceptors (Lipinski definition) is 9. The maximum Gasteiger partial charge on any atom is 0.309 e. The van der Waals surface area contributed by atoms with E-state index in [1.54, 1.807) is 32.1 Å². The zero-order valence-corrected chi connectivity index (χ0v) is 22.6. The van der Waals surface area contributed by atoms with Crippen molar-refractivity contribution in [2.75, 3.05) is 6.54 Å². The predicted molar refractivity (Wildman–Crippen MR) is 135 cm³/mol. The number of fused-ring (bicyclic) bond motifs is 1. The van der Waals surface area contributed by atoms with Crippen LogP contribution < -0.4 is 5.32 Å². The number of nitrogens with one attached hydrogen (secondary N) is 1. The summed E-state index contributed by atoms with van der Waals surface area (Å²) in [6, 6.07) is -0.319. The number of epoxide rings is 1. The number of aromatic nitrogens is 1. The van der Waals surface area contributed by atoms with E-state index in [9.17, 15) is 19.8 Å². The van der Waals surface area contributed by atoms with Gasteiger partial charge < -0.3 is 25.0 Å². The average Bonchev–Trinajstić information content (AvgIpc) is 3.22. The summed E-state index contributed by atoms with van der Waals surface area (Å²) >= 11 is 1.55. The second kappa shape index (κ2) is 10.8. The quantitative estimate of drug-likeness (QED) is 0.412. The number of ketones is 1. The molecule has 1 aromatic rings. The van der Waals surface area contributed by atoms with E-state index in [1.165, 1.54) is 0 Å². The summed E-state index contributed by atoms with van der Waals surface area (Å²) in [6.45, 7) is 13.2. The van der Waals surface area contributed by atoms with Crippen molar-refractivity contribution in [3.63, 3.8) is 0 Å². The first-order valence-corrected chi connectivity index (χ1v) is 13.2. The van der Waals surface area contributed by atoms with Gasteiger partial charge in [-0.3, -0.25) is 9.59 Å². The van der Waals surface area contributed by atoms with Crippen LogP contribution in [0.5, 0.6) is 0 Å². The van der Waals surface area contributed by atoms with Crippen LogP contribution in [0.4, 0.5) is 0 Å². The Labute approximate surface area is 212 Å². The highest BCUT2D eigenvalue weighted by atomic mass is 32.1. The second-order valence-electron chi connectivity index (χ2n) is 10.9. The molecule has 0 amide bonds. The molecule has 2 aliphatic heterocycles. The zero-order valence-electron chi connectivity index (χ0n) is 21.8. The molecule has 2 fully saturated rings. The fourth-order valence-corrected chi connectivity index (χ4v) is 5.30. The molecule has 9 heteroatoms. The molecular weight excluding hydrogens is 468 g/mol. The maximum absolute atomic E-state index is 13.2. The molecule has 8 nitrogen and oxygen atoms in total. The molecule has 0 radical (unpaired) electrons. The summed E-state index contributed by atoms with van der Waals surface area (Å²) in [5.74, 6) is -1.59. The number of aliphatic hydroxyl groups excluding tert-OH is 2. The lowest BCUT2D eigenvalue weighted by molar-refractivity contribution is -0.154. The van der Waals surface area contributed by atoms with Crippen LogP contribution in [-0.2, 0) is 19.1 Å². The minimum Gasteiger partial charge on any atom is -0.458 e. The average molecular weight is 509 g/mol. The molecule has 3 heterocycles. The van der Waals surface area contributed by atoms with Crippen molar-refractivity contribution in [1.82, 2.24) is 10.3 Å². The Morgan fingerprint density at radius 2 is 1.94 bits per heavy atom. The number of esters is 1. The number of carbonyl (C=O) groups is 2. The minimum absolute atomic E-state index is 0.0855. The van der Waals surface area contributed by atoms with Crippen LogP contribution in [0.2, 0.25) is 0 Å². The highest BCUT2D eigenvalue weighted by molar-refractivity contribution is 7.09. The molecular formula is C26H40N2O6S. The largest absolute Gasteiger partial charge is 0.458 e. The van der Waals surface area contributed by atoms with E-state index in [4.69, 9.17) is 9.47 Å².